The number of benzene rings is 1. The van der Waals surface area contributed by atoms with Gasteiger partial charge in [-0.25, -0.2) is 0 Å². The van der Waals surface area contributed by atoms with E-state index in [1.54, 1.807) is 30.6 Å². The molecule has 0 saturated heterocycles. The van der Waals surface area contributed by atoms with Crippen molar-refractivity contribution >= 4 is 24.2 Å². The minimum Gasteiger partial charge on any atom is -0.321 e. The summed E-state index contributed by atoms with van der Waals surface area (Å²) in [7, 11) is 0. The van der Waals surface area contributed by atoms with Crippen molar-refractivity contribution in [2.75, 3.05) is 5.32 Å². The molecule has 4 heteroatoms. The van der Waals surface area contributed by atoms with Crippen molar-refractivity contribution in [2.24, 2.45) is 0 Å². The van der Waals surface area contributed by atoms with E-state index in [0.717, 1.165) is 10.5 Å². The molecular formula is C13H12N2OS. The minimum atomic E-state index is -0.147. The van der Waals surface area contributed by atoms with Crippen LogP contribution < -0.4 is 5.32 Å². The molecule has 2 aromatic rings. The molecule has 2 rings (SSSR count). The number of aromatic nitrogens is 1. The number of thiol groups is 1. The first-order valence-corrected chi connectivity index (χ1v) is 5.62. The van der Waals surface area contributed by atoms with Crippen molar-refractivity contribution in [2.45, 2.75) is 11.8 Å². The topological polar surface area (TPSA) is 42.0 Å². The average molecular weight is 244 g/mol. The standard InChI is InChI=1S/C13H12N2OS/c1-9-4-5-11(17)7-12(9)13(16)15-10-3-2-6-14-8-10/h2-8,17H,1H3,(H,15,16). The average Bonchev–Trinajstić information content (AvgIpc) is 2.33. The Bertz CT molecular complexity index is 540. The van der Waals surface area contributed by atoms with Crippen molar-refractivity contribution in [1.29, 1.82) is 0 Å². The summed E-state index contributed by atoms with van der Waals surface area (Å²) in [5.74, 6) is -0.147. The predicted molar refractivity (Wildman–Crippen MR) is 70.6 cm³/mol. The monoisotopic (exact) mass is 244 g/mol. The van der Waals surface area contributed by atoms with Crippen LogP contribution in [0.25, 0.3) is 0 Å². The summed E-state index contributed by atoms with van der Waals surface area (Å²) in [5.41, 5.74) is 2.23. The second-order valence-electron chi connectivity index (χ2n) is 3.70. The van der Waals surface area contributed by atoms with Crippen LogP contribution in [0.4, 0.5) is 5.69 Å². The molecule has 1 amide bonds. The molecule has 17 heavy (non-hydrogen) atoms. The van der Waals surface area contributed by atoms with Crippen LogP contribution >= 0.6 is 12.6 Å². The zero-order valence-electron chi connectivity index (χ0n) is 9.34. The van der Waals surface area contributed by atoms with Crippen LogP contribution in [0.5, 0.6) is 0 Å². The molecule has 0 fully saturated rings. The van der Waals surface area contributed by atoms with E-state index in [1.165, 1.54) is 0 Å². The molecule has 0 saturated carbocycles. The molecular weight excluding hydrogens is 232 g/mol. The highest BCUT2D eigenvalue weighted by molar-refractivity contribution is 7.80. The molecule has 0 radical (unpaired) electrons. The van der Waals surface area contributed by atoms with Gasteiger partial charge in [0.25, 0.3) is 5.91 Å². The van der Waals surface area contributed by atoms with Gasteiger partial charge < -0.3 is 5.32 Å². The summed E-state index contributed by atoms with van der Waals surface area (Å²) in [6, 6.07) is 9.06. The molecule has 1 aromatic carbocycles. The number of carbonyl (C=O) groups is 1. The predicted octanol–water partition coefficient (Wildman–Crippen LogP) is 2.93. The Morgan fingerprint density at radius 3 is 2.88 bits per heavy atom. The molecule has 0 aliphatic rings. The molecule has 0 spiro atoms. The molecule has 0 aliphatic carbocycles. The highest BCUT2D eigenvalue weighted by atomic mass is 32.1. The first-order chi connectivity index (χ1) is 8.16. The van der Waals surface area contributed by atoms with Crippen LogP contribution in [-0.4, -0.2) is 10.9 Å². The fraction of sp³-hybridized carbons (Fsp3) is 0.0769. The summed E-state index contributed by atoms with van der Waals surface area (Å²) >= 11 is 4.23. The largest absolute Gasteiger partial charge is 0.321 e. The number of nitrogens with zero attached hydrogens (tertiary/aromatic N) is 1. The zero-order valence-corrected chi connectivity index (χ0v) is 10.2. The van der Waals surface area contributed by atoms with Gasteiger partial charge in [-0.2, -0.15) is 0 Å². The van der Waals surface area contributed by atoms with Gasteiger partial charge in [-0.15, -0.1) is 12.6 Å². The molecule has 0 aliphatic heterocycles. The molecule has 0 atom stereocenters. The normalized spacial score (nSPS) is 10.0. The number of pyridine rings is 1. The molecule has 0 bridgehead atoms. The number of carbonyl (C=O) groups excluding carboxylic acids is 1. The fourth-order valence-electron chi connectivity index (χ4n) is 1.49. The number of amides is 1. The number of hydrogen-bond acceptors (Lipinski definition) is 3. The van der Waals surface area contributed by atoms with E-state index in [-0.39, 0.29) is 5.91 Å². The second-order valence-corrected chi connectivity index (χ2v) is 4.21. The van der Waals surface area contributed by atoms with Gasteiger partial charge in [0.05, 0.1) is 11.9 Å². The van der Waals surface area contributed by atoms with Gasteiger partial charge in [-0.3, -0.25) is 9.78 Å². The zero-order chi connectivity index (χ0) is 12.3. The van der Waals surface area contributed by atoms with Gasteiger partial charge in [0, 0.05) is 16.7 Å². The lowest BCUT2D eigenvalue weighted by Crippen LogP contribution is -2.13. The van der Waals surface area contributed by atoms with Crippen LogP contribution in [0.2, 0.25) is 0 Å². The Morgan fingerprint density at radius 1 is 1.35 bits per heavy atom. The lowest BCUT2D eigenvalue weighted by atomic mass is 10.1. The third-order valence-electron chi connectivity index (χ3n) is 2.39. The maximum absolute atomic E-state index is 12.0. The molecule has 1 heterocycles. The summed E-state index contributed by atoms with van der Waals surface area (Å²) in [6.07, 6.45) is 3.27. The Labute approximate surface area is 105 Å². The van der Waals surface area contributed by atoms with E-state index in [2.05, 4.69) is 22.9 Å². The number of aryl methyl sites for hydroxylation is 1. The van der Waals surface area contributed by atoms with E-state index >= 15 is 0 Å². The lowest BCUT2D eigenvalue weighted by molar-refractivity contribution is 0.102. The van der Waals surface area contributed by atoms with E-state index in [1.807, 2.05) is 19.1 Å². The number of hydrogen-bond donors (Lipinski definition) is 2. The lowest BCUT2D eigenvalue weighted by Gasteiger charge is -2.07. The third kappa shape index (κ3) is 2.85. The van der Waals surface area contributed by atoms with Crippen molar-refractivity contribution in [3.05, 3.63) is 53.9 Å². The molecule has 1 N–H and O–H groups in total. The van der Waals surface area contributed by atoms with Crippen LogP contribution in [0, 0.1) is 6.92 Å². The Kier molecular flexibility index (Phi) is 3.44. The second kappa shape index (κ2) is 5.01. The Hall–Kier alpha value is -1.81. The molecule has 1 aromatic heterocycles. The summed E-state index contributed by atoms with van der Waals surface area (Å²) in [4.78, 5) is 16.7. The van der Waals surface area contributed by atoms with Crippen LogP contribution in [0.3, 0.4) is 0 Å². The van der Waals surface area contributed by atoms with E-state index < -0.39 is 0 Å². The maximum Gasteiger partial charge on any atom is 0.256 e. The highest BCUT2D eigenvalue weighted by Crippen LogP contribution is 2.15. The number of nitrogens with one attached hydrogen (secondary N) is 1. The van der Waals surface area contributed by atoms with E-state index in [0.29, 0.717) is 11.3 Å². The Morgan fingerprint density at radius 2 is 2.18 bits per heavy atom. The van der Waals surface area contributed by atoms with Crippen molar-refractivity contribution < 1.29 is 4.79 Å². The van der Waals surface area contributed by atoms with Gasteiger partial charge in [0.2, 0.25) is 0 Å². The first-order valence-electron chi connectivity index (χ1n) is 5.18. The van der Waals surface area contributed by atoms with Crippen molar-refractivity contribution in [3.63, 3.8) is 0 Å². The summed E-state index contributed by atoms with van der Waals surface area (Å²) in [6.45, 7) is 1.89. The summed E-state index contributed by atoms with van der Waals surface area (Å²) < 4.78 is 0. The Balaban J connectivity index is 2.23. The first kappa shape index (κ1) is 11.7. The van der Waals surface area contributed by atoms with Gasteiger partial charge in [0.1, 0.15) is 0 Å². The quantitative estimate of drug-likeness (QED) is 0.798. The van der Waals surface area contributed by atoms with Crippen LogP contribution in [0.15, 0.2) is 47.6 Å². The van der Waals surface area contributed by atoms with E-state index in [9.17, 15) is 4.79 Å². The van der Waals surface area contributed by atoms with Crippen LogP contribution in [0.1, 0.15) is 15.9 Å². The molecule has 3 nitrogen and oxygen atoms in total. The molecule has 0 unspecified atom stereocenters. The summed E-state index contributed by atoms with van der Waals surface area (Å²) in [5, 5.41) is 2.79. The van der Waals surface area contributed by atoms with Gasteiger partial charge >= 0.3 is 0 Å². The third-order valence-corrected chi connectivity index (χ3v) is 2.66. The molecule has 86 valence electrons. The van der Waals surface area contributed by atoms with Gasteiger partial charge in [0.15, 0.2) is 0 Å². The van der Waals surface area contributed by atoms with Crippen LogP contribution in [-0.2, 0) is 0 Å². The fourth-order valence-corrected chi connectivity index (χ4v) is 1.69. The number of rotatable bonds is 2. The van der Waals surface area contributed by atoms with Gasteiger partial charge in [-0.1, -0.05) is 6.07 Å². The van der Waals surface area contributed by atoms with Gasteiger partial charge in [-0.05, 0) is 36.8 Å². The SMILES string of the molecule is Cc1ccc(S)cc1C(=O)Nc1cccnc1. The van der Waals surface area contributed by atoms with Crippen molar-refractivity contribution in [1.82, 2.24) is 4.98 Å². The minimum absolute atomic E-state index is 0.147. The highest BCUT2D eigenvalue weighted by Gasteiger charge is 2.09. The number of anilines is 1. The van der Waals surface area contributed by atoms with E-state index in [4.69, 9.17) is 0 Å². The maximum atomic E-state index is 12.0. The smallest absolute Gasteiger partial charge is 0.256 e. The van der Waals surface area contributed by atoms with Crippen molar-refractivity contribution in [3.8, 4) is 0 Å².